The number of nitrogens with zero attached hydrogens (tertiary/aromatic N) is 1. The molecular weight excluding hydrogens is 186 g/mol. The molecule has 5 heteroatoms. The molecule has 1 atom stereocenters. The van der Waals surface area contributed by atoms with Gasteiger partial charge in [0.15, 0.2) is 0 Å². The molecule has 0 aliphatic carbocycles. The smallest absolute Gasteiger partial charge is 0.409 e. The highest BCUT2D eigenvalue weighted by Gasteiger charge is 2.35. The van der Waals surface area contributed by atoms with Crippen molar-refractivity contribution in [2.24, 2.45) is 0 Å². The standard InChI is InChI=1S/C9H17NO4/c1-9(2)6-10(8(12)13-3)4-7(5-11)14-9/h7,11H,4-6H2,1-3H3. The van der Waals surface area contributed by atoms with Gasteiger partial charge < -0.3 is 19.5 Å². The third kappa shape index (κ3) is 2.59. The minimum atomic E-state index is -0.431. The normalized spacial score (nSPS) is 26.0. The SMILES string of the molecule is COC(=O)N1CC(CO)OC(C)(C)C1. The number of carbonyl (C=O) groups excluding carboxylic acids is 1. The number of amides is 1. The molecule has 14 heavy (non-hydrogen) atoms. The van der Waals surface area contributed by atoms with Gasteiger partial charge in [-0.3, -0.25) is 0 Å². The Kier molecular flexibility index (Phi) is 3.34. The van der Waals surface area contributed by atoms with Crippen molar-refractivity contribution in [1.82, 2.24) is 4.90 Å². The first-order valence-corrected chi connectivity index (χ1v) is 4.60. The van der Waals surface area contributed by atoms with Crippen LogP contribution in [0, 0.1) is 0 Å². The minimum absolute atomic E-state index is 0.0864. The molecule has 1 aliphatic heterocycles. The number of ether oxygens (including phenoxy) is 2. The van der Waals surface area contributed by atoms with Gasteiger partial charge in [-0.15, -0.1) is 0 Å². The Labute approximate surface area is 83.6 Å². The van der Waals surface area contributed by atoms with Crippen molar-refractivity contribution in [2.75, 3.05) is 26.8 Å². The monoisotopic (exact) mass is 203 g/mol. The number of methoxy groups -OCH3 is 1. The van der Waals surface area contributed by atoms with E-state index in [-0.39, 0.29) is 18.8 Å². The Balaban J connectivity index is 2.65. The lowest BCUT2D eigenvalue weighted by molar-refractivity contribution is -0.142. The maximum absolute atomic E-state index is 11.3. The summed E-state index contributed by atoms with van der Waals surface area (Å²) in [5.74, 6) is 0. The Bertz CT molecular complexity index is 217. The number of aliphatic hydroxyl groups excluding tert-OH is 1. The van der Waals surface area contributed by atoms with Crippen molar-refractivity contribution in [2.45, 2.75) is 25.6 Å². The number of morpholine rings is 1. The van der Waals surface area contributed by atoms with Gasteiger partial charge in [-0.05, 0) is 13.8 Å². The van der Waals surface area contributed by atoms with E-state index >= 15 is 0 Å². The second-order valence-electron chi connectivity index (χ2n) is 4.03. The van der Waals surface area contributed by atoms with Gasteiger partial charge in [0, 0.05) is 0 Å². The van der Waals surface area contributed by atoms with Crippen LogP contribution in [0.3, 0.4) is 0 Å². The van der Waals surface area contributed by atoms with Crippen molar-refractivity contribution >= 4 is 6.09 Å². The molecule has 0 aromatic carbocycles. The summed E-state index contributed by atoms with van der Waals surface area (Å²) in [6.45, 7) is 4.54. The predicted octanol–water partition coefficient (Wildman–Crippen LogP) is 0.224. The van der Waals surface area contributed by atoms with Crippen LogP contribution in [0.15, 0.2) is 0 Å². The molecule has 1 rings (SSSR count). The molecule has 0 aromatic rings. The molecule has 1 heterocycles. The van der Waals surface area contributed by atoms with Crippen LogP contribution in [0.2, 0.25) is 0 Å². The van der Waals surface area contributed by atoms with Crippen LogP contribution in [-0.2, 0) is 9.47 Å². The lowest BCUT2D eigenvalue weighted by Gasteiger charge is -2.41. The van der Waals surface area contributed by atoms with Crippen LogP contribution in [0.25, 0.3) is 0 Å². The molecule has 1 N–H and O–H groups in total. The van der Waals surface area contributed by atoms with Gasteiger partial charge in [-0.1, -0.05) is 0 Å². The van der Waals surface area contributed by atoms with Crippen molar-refractivity contribution in [1.29, 1.82) is 0 Å². The number of hydrogen-bond acceptors (Lipinski definition) is 4. The highest BCUT2D eigenvalue weighted by Crippen LogP contribution is 2.21. The molecule has 1 saturated heterocycles. The zero-order valence-corrected chi connectivity index (χ0v) is 8.82. The fraction of sp³-hybridized carbons (Fsp3) is 0.889. The zero-order valence-electron chi connectivity index (χ0n) is 8.82. The fourth-order valence-corrected chi connectivity index (χ4v) is 1.66. The van der Waals surface area contributed by atoms with Crippen molar-refractivity contribution in [3.8, 4) is 0 Å². The molecule has 5 nitrogen and oxygen atoms in total. The van der Waals surface area contributed by atoms with Gasteiger partial charge in [0.1, 0.15) is 0 Å². The average molecular weight is 203 g/mol. The largest absolute Gasteiger partial charge is 0.453 e. The van der Waals surface area contributed by atoms with E-state index in [2.05, 4.69) is 4.74 Å². The van der Waals surface area contributed by atoms with Crippen molar-refractivity contribution < 1.29 is 19.4 Å². The van der Waals surface area contributed by atoms with Crippen LogP contribution in [-0.4, -0.2) is 54.6 Å². The highest BCUT2D eigenvalue weighted by atomic mass is 16.6. The van der Waals surface area contributed by atoms with Gasteiger partial charge in [0.05, 0.1) is 38.5 Å². The first-order valence-electron chi connectivity index (χ1n) is 4.60. The lowest BCUT2D eigenvalue weighted by atomic mass is 10.1. The Hall–Kier alpha value is -0.810. The van der Waals surface area contributed by atoms with E-state index in [4.69, 9.17) is 9.84 Å². The number of aliphatic hydroxyl groups is 1. The second-order valence-corrected chi connectivity index (χ2v) is 4.03. The summed E-state index contributed by atoms with van der Waals surface area (Å²) in [5.41, 5.74) is -0.431. The van der Waals surface area contributed by atoms with Crippen LogP contribution < -0.4 is 0 Å². The molecule has 82 valence electrons. The molecule has 0 saturated carbocycles. The number of rotatable bonds is 1. The van der Waals surface area contributed by atoms with Crippen LogP contribution in [0.1, 0.15) is 13.8 Å². The van der Waals surface area contributed by atoms with E-state index in [1.165, 1.54) is 7.11 Å². The van der Waals surface area contributed by atoms with Crippen molar-refractivity contribution in [3.63, 3.8) is 0 Å². The molecule has 0 aromatic heterocycles. The van der Waals surface area contributed by atoms with E-state index in [9.17, 15) is 4.79 Å². The minimum Gasteiger partial charge on any atom is -0.453 e. The summed E-state index contributed by atoms with van der Waals surface area (Å²) in [7, 11) is 1.35. The van der Waals surface area contributed by atoms with Crippen LogP contribution >= 0.6 is 0 Å². The van der Waals surface area contributed by atoms with Crippen LogP contribution in [0.4, 0.5) is 4.79 Å². The fourth-order valence-electron chi connectivity index (χ4n) is 1.66. The lowest BCUT2D eigenvalue weighted by Crippen LogP contribution is -2.55. The van der Waals surface area contributed by atoms with Gasteiger partial charge >= 0.3 is 6.09 Å². The van der Waals surface area contributed by atoms with Crippen LogP contribution in [0.5, 0.6) is 0 Å². The van der Waals surface area contributed by atoms with Gasteiger partial charge in [0.2, 0.25) is 0 Å². The maximum atomic E-state index is 11.3. The molecule has 1 unspecified atom stereocenters. The summed E-state index contributed by atoms with van der Waals surface area (Å²) in [4.78, 5) is 12.8. The summed E-state index contributed by atoms with van der Waals surface area (Å²) in [6, 6.07) is 0. The Morgan fingerprint density at radius 2 is 2.36 bits per heavy atom. The van der Waals surface area contributed by atoms with Crippen molar-refractivity contribution in [3.05, 3.63) is 0 Å². The quantitative estimate of drug-likeness (QED) is 0.662. The Morgan fingerprint density at radius 3 is 2.86 bits per heavy atom. The number of hydrogen-bond donors (Lipinski definition) is 1. The van der Waals surface area contributed by atoms with E-state index in [0.717, 1.165) is 0 Å². The Morgan fingerprint density at radius 1 is 1.71 bits per heavy atom. The van der Waals surface area contributed by atoms with Gasteiger partial charge in [-0.2, -0.15) is 0 Å². The van der Waals surface area contributed by atoms with E-state index in [0.29, 0.717) is 13.1 Å². The zero-order chi connectivity index (χ0) is 10.8. The summed E-state index contributed by atoms with van der Waals surface area (Å²) in [5, 5.41) is 8.99. The number of carbonyl (C=O) groups is 1. The molecule has 0 bridgehead atoms. The third-order valence-corrected chi connectivity index (χ3v) is 2.12. The topological polar surface area (TPSA) is 59.0 Å². The predicted molar refractivity (Wildman–Crippen MR) is 50.0 cm³/mol. The van der Waals surface area contributed by atoms with E-state index < -0.39 is 5.60 Å². The highest BCUT2D eigenvalue weighted by molar-refractivity contribution is 5.67. The molecule has 1 aliphatic rings. The van der Waals surface area contributed by atoms with Gasteiger partial charge in [-0.25, -0.2) is 4.79 Å². The summed E-state index contributed by atoms with van der Waals surface area (Å²) >= 11 is 0. The molecule has 1 fully saturated rings. The summed E-state index contributed by atoms with van der Waals surface area (Å²) < 4.78 is 10.2. The van der Waals surface area contributed by atoms with E-state index in [1.54, 1.807) is 4.90 Å². The molecular formula is C9H17NO4. The maximum Gasteiger partial charge on any atom is 0.409 e. The molecule has 0 spiro atoms. The molecule has 0 radical (unpaired) electrons. The van der Waals surface area contributed by atoms with Gasteiger partial charge in [0.25, 0.3) is 0 Å². The first kappa shape index (κ1) is 11.3. The average Bonchev–Trinajstić information content (AvgIpc) is 2.14. The van der Waals surface area contributed by atoms with E-state index in [1.807, 2.05) is 13.8 Å². The molecule has 1 amide bonds. The summed E-state index contributed by atoms with van der Waals surface area (Å²) in [6.07, 6.45) is -0.697. The second kappa shape index (κ2) is 4.14. The first-order chi connectivity index (χ1) is 6.48. The third-order valence-electron chi connectivity index (χ3n) is 2.12.